The van der Waals surface area contributed by atoms with Crippen LogP contribution in [0.2, 0.25) is 0 Å². The van der Waals surface area contributed by atoms with Crippen molar-refractivity contribution in [1.29, 1.82) is 0 Å². The van der Waals surface area contributed by atoms with Crippen molar-refractivity contribution >= 4 is 32.4 Å². The number of pyridine rings is 1. The number of fused-ring (bicyclic) bond motifs is 5. The molecule has 0 bridgehead atoms. The van der Waals surface area contributed by atoms with Gasteiger partial charge in [0, 0.05) is 33.7 Å². The van der Waals surface area contributed by atoms with Crippen LogP contribution < -0.4 is 0 Å². The molecule has 0 saturated carbocycles. The molecule has 0 aliphatic rings. The summed E-state index contributed by atoms with van der Waals surface area (Å²) in [5, 5.41) is 5.81. The quantitative estimate of drug-likeness (QED) is 0.181. The van der Waals surface area contributed by atoms with E-state index in [1.54, 1.807) is 0 Å². The molecule has 0 saturated heterocycles. The standard InChI is InChI=1S/C44H28N4/c1-3-11-29(12-4-1)32-16-9-18-35(25-32)42-46-43(36-19-10-17-33(26-36)30-13-5-2-6-14-30)48-44(47-42)37-27-34-22-23-39-38-20-8-7-15-31(38)21-24-40(39)41(34)45-28-37/h1-28H. The summed E-state index contributed by atoms with van der Waals surface area (Å²) in [6.07, 6.45) is 1.89. The van der Waals surface area contributed by atoms with Crippen LogP contribution in [-0.2, 0) is 0 Å². The molecule has 0 amide bonds. The van der Waals surface area contributed by atoms with Crippen LogP contribution in [0, 0.1) is 0 Å². The highest BCUT2D eigenvalue weighted by atomic mass is 15.0. The molecule has 4 nitrogen and oxygen atoms in total. The van der Waals surface area contributed by atoms with Gasteiger partial charge in [-0.15, -0.1) is 0 Å². The van der Waals surface area contributed by atoms with Crippen LogP contribution in [-0.4, -0.2) is 19.9 Å². The highest BCUT2D eigenvalue weighted by molar-refractivity contribution is 6.16. The molecule has 0 unspecified atom stereocenters. The SMILES string of the molecule is c1ccc(-c2cccc(-c3nc(-c4cccc(-c5ccccc5)c4)nc(-c4cnc5c(ccc6c7ccccc7ccc65)c4)n3)c2)cc1. The van der Waals surface area contributed by atoms with E-state index in [-0.39, 0.29) is 0 Å². The number of hydrogen-bond acceptors (Lipinski definition) is 4. The van der Waals surface area contributed by atoms with Crippen LogP contribution >= 0.6 is 0 Å². The lowest BCUT2D eigenvalue weighted by Gasteiger charge is -2.11. The molecule has 9 rings (SSSR count). The lowest BCUT2D eigenvalue weighted by atomic mass is 9.99. The zero-order chi connectivity index (χ0) is 31.9. The maximum atomic E-state index is 5.06. The van der Waals surface area contributed by atoms with Gasteiger partial charge in [0.1, 0.15) is 0 Å². The Balaban J connectivity index is 1.21. The van der Waals surface area contributed by atoms with Gasteiger partial charge in [0.2, 0.25) is 0 Å². The second-order valence-electron chi connectivity index (χ2n) is 11.9. The molecule has 2 aromatic heterocycles. The van der Waals surface area contributed by atoms with Crippen LogP contribution in [0.15, 0.2) is 170 Å². The fraction of sp³-hybridized carbons (Fsp3) is 0. The fourth-order valence-corrected chi connectivity index (χ4v) is 6.51. The first-order chi connectivity index (χ1) is 23.8. The van der Waals surface area contributed by atoms with Gasteiger partial charge in [-0.25, -0.2) is 15.0 Å². The predicted molar refractivity (Wildman–Crippen MR) is 197 cm³/mol. The summed E-state index contributed by atoms with van der Waals surface area (Å²) in [5.41, 5.74) is 8.14. The van der Waals surface area contributed by atoms with E-state index in [2.05, 4.69) is 152 Å². The Bertz CT molecular complexity index is 2510. The maximum Gasteiger partial charge on any atom is 0.165 e. The van der Waals surface area contributed by atoms with E-state index in [1.165, 1.54) is 16.2 Å². The van der Waals surface area contributed by atoms with Crippen molar-refractivity contribution in [1.82, 2.24) is 19.9 Å². The van der Waals surface area contributed by atoms with Gasteiger partial charge < -0.3 is 0 Å². The molecule has 0 aliphatic heterocycles. The van der Waals surface area contributed by atoms with E-state index in [0.29, 0.717) is 17.5 Å². The summed E-state index contributed by atoms with van der Waals surface area (Å²) < 4.78 is 0. The molecule has 0 fully saturated rings. The van der Waals surface area contributed by atoms with Crippen LogP contribution in [0.4, 0.5) is 0 Å². The lowest BCUT2D eigenvalue weighted by Crippen LogP contribution is -2.01. The van der Waals surface area contributed by atoms with Gasteiger partial charge in [-0.1, -0.05) is 146 Å². The molecule has 48 heavy (non-hydrogen) atoms. The Morgan fingerprint density at radius 2 is 0.792 bits per heavy atom. The molecule has 0 radical (unpaired) electrons. The second kappa shape index (κ2) is 11.7. The largest absolute Gasteiger partial charge is 0.255 e. The highest BCUT2D eigenvalue weighted by Gasteiger charge is 2.15. The van der Waals surface area contributed by atoms with Gasteiger partial charge >= 0.3 is 0 Å². The summed E-state index contributed by atoms with van der Waals surface area (Å²) in [4.78, 5) is 20.2. The van der Waals surface area contributed by atoms with Gasteiger partial charge in [0.25, 0.3) is 0 Å². The first-order valence-electron chi connectivity index (χ1n) is 16.1. The third kappa shape index (κ3) is 5.06. The molecule has 0 spiro atoms. The van der Waals surface area contributed by atoms with Crippen LogP contribution in [0.5, 0.6) is 0 Å². The molecule has 7 aromatic carbocycles. The van der Waals surface area contributed by atoms with Gasteiger partial charge in [0.15, 0.2) is 17.5 Å². The van der Waals surface area contributed by atoms with Crippen molar-refractivity contribution in [2.24, 2.45) is 0 Å². The molecule has 4 heteroatoms. The van der Waals surface area contributed by atoms with Crippen molar-refractivity contribution < 1.29 is 0 Å². The number of rotatable bonds is 5. The van der Waals surface area contributed by atoms with E-state index in [1.807, 2.05) is 18.3 Å². The Kier molecular flexibility index (Phi) is 6.76. The van der Waals surface area contributed by atoms with Crippen LogP contribution in [0.25, 0.3) is 88.9 Å². The first kappa shape index (κ1) is 27.8. The van der Waals surface area contributed by atoms with Crippen molar-refractivity contribution in [3.05, 3.63) is 170 Å². The van der Waals surface area contributed by atoms with Gasteiger partial charge in [-0.05, 0) is 56.6 Å². The summed E-state index contributed by atoms with van der Waals surface area (Å²) in [6, 6.07) is 56.8. The Hall–Kier alpha value is -6.52. The number of aromatic nitrogens is 4. The van der Waals surface area contributed by atoms with Crippen molar-refractivity contribution in [3.8, 4) is 56.4 Å². The molecule has 9 aromatic rings. The van der Waals surface area contributed by atoms with Gasteiger partial charge in [0.05, 0.1) is 5.52 Å². The summed E-state index contributed by atoms with van der Waals surface area (Å²) >= 11 is 0. The summed E-state index contributed by atoms with van der Waals surface area (Å²) in [5.74, 6) is 1.81. The minimum atomic E-state index is 0.582. The van der Waals surface area contributed by atoms with Crippen LogP contribution in [0.1, 0.15) is 0 Å². The third-order valence-electron chi connectivity index (χ3n) is 8.92. The van der Waals surface area contributed by atoms with E-state index in [4.69, 9.17) is 19.9 Å². The number of nitrogens with zero attached hydrogens (tertiary/aromatic N) is 4. The predicted octanol–water partition coefficient (Wildman–Crippen LogP) is 11.1. The minimum Gasteiger partial charge on any atom is -0.255 e. The zero-order valence-electron chi connectivity index (χ0n) is 26.0. The maximum absolute atomic E-state index is 5.06. The van der Waals surface area contributed by atoms with Crippen molar-refractivity contribution in [2.45, 2.75) is 0 Å². The monoisotopic (exact) mass is 612 g/mol. The van der Waals surface area contributed by atoms with Crippen LogP contribution in [0.3, 0.4) is 0 Å². The second-order valence-corrected chi connectivity index (χ2v) is 11.9. The molecular formula is C44H28N4. The molecule has 0 aliphatic carbocycles. The van der Waals surface area contributed by atoms with E-state index in [9.17, 15) is 0 Å². The minimum absolute atomic E-state index is 0.582. The summed E-state index contributed by atoms with van der Waals surface area (Å²) in [7, 11) is 0. The Labute approximate surface area is 278 Å². The van der Waals surface area contributed by atoms with E-state index >= 15 is 0 Å². The molecule has 224 valence electrons. The molecule has 0 atom stereocenters. The first-order valence-corrected chi connectivity index (χ1v) is 16.1. The van der Waals surface area contributed by atoms with Gasteiger partial charge in [-0.3, -0.25) is 4.98 Å². The lowest BCUT2D eigenvalue weighted by molar-refractivity contribution is 1.07. The fourth-order valence-electron chi connectivity index (χ4n) is 6.51. The van der Waals surface area contributed by atoms with Crippen molar-refractivity contribution in [3.63, 3.8) is 0 Å². The smallest absolute Gasteiger partial charge is 0.165 e. The van der Waals surface area contributed by atoms with E-state index < -0.39 is 0 Å². The summed E-state index contributed by atoms with van der Waals surface area (Å²) in [6.45, 7) is 0. The molecule has 2 heterocycles. The topological polar surface area (TPSA) is 51.6 Å². The third-order valence-corrected chi connectivity index (χ3v) is 8.92. The average Bonchev–Trinajstić information content (AvgIpc) is 3.18. The average molecular weight is 613 g/mol. The molecular weight excluding hydrogens is 585 g/mol. The Morgan fingerprint density at radius 3 is 1.44 bits per heavy atom. The van der Waals surface area contributed by atoms with Crippen molar-refractivity contribution in [2.75, 3.05) is 0 Å². The Morgan fingerprint density at radius 1 is 0.292 bits per heavy atom. The number of hydrogen-bond donors (Lipinski definition) is 0. The van der Waals surface area contributed by atoms with E-state index in [0.717, 1.165) is 55.2 Å². The zero-order valence-corrected chi connectivity index (χ0v) is 26.0. The normalized spacial score (nSPS) is 11.3. The number of benzene rings is 7. The highest BCUT2D eigenvalue weighted by Crippen LogP contribution is 2.33. The van der Waals surface area contributed by atoms with Gasteiger partial charge in [-0.2, -0.15) is 0 Å². The molecule has 0 N–H and O–H groups in total.